The number of benzene rings is 1. The van der Waals surface area contributed by atoms with Crippen molar-refractivity contribution < 1.29 is 43.4 Å². The van der Waals surface area contributed by atoms with E-state index in [1.54, 1.807) is 30.3 Å². The molecular weight excluding hydrogens is 578 g/mol. The SMILES string of the molecule is C=NC(=O)C1(COCNC(=O)CNC(=O)[C@H](Cc2ccccc2)NC(=O)CNC(=O)CNC(=O)CCNCC(=O)O)CCC1. The minimum Gasteiger partial charge on any atom is -0.480 e. The van der Waals surface area contributed by atoms with Crippen LogP contribution in [-0.2, 0) is 44.7 Å². The number of nitrogens with zero attached hydrogens (tertiary/aromatic N) is 1. The lowest BCUT2D eigenvalue weighted by Crippen LogP contribution is -2.52. The summed E-state index contributed by atoms with van der Waals surface area (Å²) in [6.07, 6.45) is 2.22. The van der Waals surface area contributed by atoms with E-state index in [2.05, 4.69) is 43.6 Å². The minimum absolute atomic E-state index is 0.0441. The van der Waals surface area contributed by atoms with Crippen molar-refractivity contribution in [1.29, 1.82) is 0 Å². The first-order valence-corrected chi connectivity index (χ1v) is 14.0. The third-order valence-electron chi connectivity index (χ3n) is 6.71. The molecule has 6 amide bonds. The van der Waals surface area contributed by atoms with E-state index in [0.29, 0.717) is 12.8 Å². The van der Waals surface area contributed by atoms with Gasteiger partial charge in [-0.3, -0.25) is 33.6 Å². The molecule has 240 valence electrons. The first-order chi connectivity index (χ1) is 21.0. The first-order valence-electron chi connectivity index (χ1n) is 14.0. The van der Waals surface area contributed by atoms with Crippen molar-refractivity contribution >= 4 is 48.1 Å². The van der Waals surface area contributed by atoms with E-state index in [-0.39, 0.29) is 45.2 Å². The highest BCUT2D eigenvalue weighted by molar-refractivity contribution is 5.93. The monoisotopic (exact) mass is 617 g/mol. The second kappa shape index (κ2) is 18.8. The van der Waals surface area contributed by atoms with E-state index in [0.717, 1.165) is 12.0 Å². The van der Waals surface area contributed by atoms with Crippen molar-refractivity contribution in [2.45, 2.75) is 38.1 Å². The minimum atomic E-state index is -1.07. The highest BCUT2D eigenvalue weighted by Gasteiger charge is 2.44. The maximum atomic E-state index is 12.9. The molecule has 0 spiro atoms. The maximum Gasteiger partial charge on any atom is 0.317 e. The van der Waals surface area contributed by atoms with Crippen LogP contribution in [0.4, 0.5) is 0 Å². The molecule has 7 N–H and O–H groups in total. The number of amides is 6. The summed E-state index contributed by atoms with van der Waals surface area (Å²) in [5, 5.41) is 23.3. The van der Waals surface area contributed by atoms with Crippen LogP contribution in [0.15, 0.2) is 35.3 Å². The molecule has 0 bridgehead atoms. The molecule has 16 heteroatoms. The predicted molar refractivity (Wildman–Crippen MR) is 156 cm³/mol. The number of ether oxygens (including phenoxy) is 1. The molecule has 1 fully saturated rings. The van der Waals surface area contributed by atoms with Crippen molar-refractivity contribution in [2.24, 2.45) is 10.4 Å². The van der Waals surface area contributed by atoms with Crippen molar-refractivity contribution in [2.75, 3.05) is 46.1 Å². The Bertz CT molecular complexity index is 1190. The quantitative estimate of drug-likeness (QED) is 0.0466. The van der Waals surface area contributed by atoms with E-state index in [1.807, 2.05) is 0 Å². The summed E-state index contributed by atoms with van der Waals surface area (Å²) < 4.78 is 5.44. The molecule has 44 heavy (non-hydrogen) atoms. The molecule has 1 aliphatic rings. The lowest BCUT2D eigenvalue weighted by Gasteiger charge is -2.38. The number of hydrogen-bond acceptors (Lipinski definition) is 9. The largest absolute Gasteiger partial charge is 0.480 e. The van der Waals surface area contributed by atoms with Crippen LogP contribution in [0.5, 0.6) is 0 Å². The Balaban J connectivity index is 1.76. The van der Waals surface area contributed by atoms with Gasteiger partial charge in [0, 0.05) is 19.4 Å². The topological polar surface area (TPSA) is 233 Å². The molecule has 0 aliphatic heterocycles. The van der Waals surface area contributed by atoms with Gasteiger partial charge in [-0.2, -0.15) is 0 Å². The molecule has 1 saturated carbocycles. The Labute approximate surface area is 254 Å². The lowest BCUT2D eigenvalue weighted by atomic mass is 9.69. The van der Waals surface area contributed by atoms with Crippen LogP contribution in [0.3, 0.4) is 0 Å². The average molecular weight is 618 g/mol. The Morgan fingerprint density at radius 3 is 2.14 bits per heavy atom. The van der Waals surface area contributed by atoms with Crippen molar-refractivity contribution in [1.82, 2.24) is 31.9 Å². The van der Waals surface area contributed by atoms with E-state index < -0.39 is 66.6 Å². The van der Waals surface area contributed by atoms with Crippen molar-refractivity contribution in [3.05, 3.63) is 35.9 Å². The average Bonchev–Trinajstić information content (AvgIpc) is 2.98. The molecule has 0 aromatic heterocycles. The molecule has 0 unspecified atom stereocenters. The highest BCUT2D eigenvalue weighted by atomic mass is 16.5. The van der Waals surface area contributed by atoms with Crippen molar-refractivity contribution in [3.63, 3.8) is 0 Å². The summed E-state index contributed by atoms with van der Waals surface area (Å²) in [6, 6.07) is 7.78. The van der Waals surface area contributed by atoms with E-state index in [9.17, 15) is 33.6 Å². The summed E-state index contributed by atoms with van der Waals surface area (Å²) >= 11 is 0. The number of carboxylic acid groups (broad SMARTS) is 1. The molecule has 16 nitrogen and oxygen atoms in total. The van der Waals surface area contributed by atoms with E-state index in [4.69, 9.17) is 9.84 Å². The van der Waals surface area contributed by atoms with Gasteiger partial charge < -0.3 is 41.7 Å². The fourth-order valence-electron chi connectivity index (χ4n) is 4.13. The molecule has 0 saturated heterocycles. The van der Waals surface area contributed by atoms with E-state index in [1.165, 1.54) is 0 Å². The van der Waals surface area contributed by atoms with Gasteiger partial charge in [0.15, 0.2) is 0 Å². The highest BCUT2D eigenvalue weighted by Crippen LogP contribution is 2.42. The molecule has 0 heterocycles. The summed E-state index contributed by atoms with van der Waals surface area (Å²) in [6.45, 7) is 1.73. The number of carbonyl (C=O) groups is 7. The van der Waals surface area contributed by atoms with Crippen LogP contribution < -0.4 is 31.9 Å². The zero-order valence-corrected chi connectivity index (χ0v) is 24.3. The number of carboxylic acids is 1. The standard InChI is InChI=1S/C28H39N7O9/c1-29-27(43)28(9-5-10-28)17-44-18-34-23(38)14-33-26(42)20(12-19-6-3-2-4-7-19)35-24(39)15-32-22(37)13-31-21(36)8-11-30-16-25(40)41/h2-4,6-7,20,30H,1,5,8-18H2,(H,31,36)(H,32,37)(H,33,42)(H,34,38)(H,35,39)(H,40,41)/t20-/m0/s1. The normalized spacial score (nSPS) is 13.7. The first kappa shape index (κ1) is 35.5. The molecule has 1 aliphatic carbocycles. The lowest BCUT2D eigenvalue weighted by molar-refractivity contribution is -0.139. The molecule has 1 aromatic carbocycles. The molecular formula is C28H39N7O9. The van der Waals surface area contributed by atoms with Gasteiger partial charge in [0.2, 0.25) is 29.5 Å². The van der Waals surface area contributed by atoms with Crippen LogP contribution in [0, 0.1) is 5.41 Å². The number of aliphatic imine (C=N–C) groups is 1. The van der Waals surface area contributed by atoms with Crippen molar-refractivity contribution in [3.8, 4) is 0 Å². The van der Waals surface area contributed by atoms with Gasteiger partial charge in [-0.25, -0.2) is 4.99 Å². The fourth-order valence-corrected chi connectivity index (χ4v) is 4.13. The smallest absolute Gasteiger partial charge is 0.317 e. The Kier molecular flexibility index (Phi) is 15.1. The number of aliphatic carboxylic acids is 1. The molecule has 2 rings (SSSR count). The Hall–Kier alpha value is -4.70. The third-order valence-corrected chi connectivity index (χ3v) is 6.71. The fraction of sp³-hybridized carbons (Fsp3) is 0.500. The predicted octanol–water partition coefficient (Wildman–Crippen LogP) is -2.39. The number of carbonyl (C=O) groups excluding carboxylic acids is 6. The number of rotatable bonds is 20. The van der Waals surface area contributed by atoms with Gasteiger partial charge in [-0.05, 0) is 25.1 Å². The van der Waals surface area contributed by atoms with E-state index >= 15 is 0 Å². The molecule has 1 atom stereocenters. The van der Waals surface area contributed by atoms with Gasteiger partial charge in [0.25, 0.3) is 5.91 Å². The number of hydrogen-bond donors (Lipinski definition) is 7. The van der Waals surface area contributed by atoms with Crippen LogP contribution in [0.1, 0.15) is 31.2 Å². The van der Waals surface area contributed by atoms with Crippen LogP contribution in [0.2, 0.25) is 0 Å². The second-order valence-corrected chi connectivity index (χ2v) is 10.1. The third kappa shape index (κ3) is 13.1. The summed E-state index contributed by atoms with van der Waals surface area (Å²) in [7, 11) is 0. The van der Waals surface area contributed by atoms with Gasteiger partial charge in [0.05, 0.1) is 38.2 Å². The van der Waals surface area contributed by atoms with Gasteiger partial charge >= 0.3 is 5.97 Å². The number of nitrogens with one attached hydrogen (secondary N) is 6. The second-order valence-electron chi connectivity index (χ2n) is 10.1. The molecule has 0 radical (unpaired) electrons. The van der Waals surface area contributed by atoms with Crippen LogP contribution >= 0.6 is 0 Å². The zero-order chi connectivity index (χ0) is 32.4. The summed E-state index contributed by atoms with van der Waals surface area (Å²) in [5.74, 6) is -4.39. The van der Waals surface area contributed by atoms with Gasteiger partial charge in [0.1, 0.15) is 12.8 Å². The van der Waals surface area contributed by atoms with Gasteiger partial charge in [-0.1, -0.05) is 36.8 Å². The summed E-state index contributed by atoms with van der Waals surface area (Å²) in [4.78, 5) is 87.3. The zero-order valence-electron chi connectivity index (χ0n) is 24.3. The Morgan fingerprint density at radius 1 is 0.864 bits per heavy atom. The summed E-state index contributed by atoms with van der Waals surface area (Å²) in [5.41, 5.74) is 0.0445. The Morgan fingerprint density at radius 2 is 1.50 bits per heavy atom. The maximum absolute atomic E-state index is 12.9. The van der Waals surface area contributed by atoms with Crippen LogP contribution in [-0.4, -0.2) is 105 Å². The molecule has 1 aromatic rings. The van der Waals surface area contributed by atoms with Gasteiger partial charge in [-0.15, -0.1) is 0 Å². The van der Waals surface area contributed by atoms with Crippen LogP contribution in [0.25, 0.3) is 0 Å².